The van der Waals surface area contributed by atoms with Crippen molar-refractivity contribution in [2.45, 2.75) is 64.3 Å². The summed E-state index contributed by atoms with van der Waals surface area (Å²) in [6.07, 6.45) is 9.96. The highest BCUT2D eigenvalue weighted by atomic mass is 15.2. The molecule has 18 heavy (non-hydrogen) atoms. The highest BCUT2D eigenvalue weighted by Crippen LogP contribution is 2.52. The van der Waals surface area contributed by atoms with Gasteiger partial charge in [-0.05, 0) is 50.1 Å². The molecule has 2 aliphatic carbocycles. The van der Waals surface area contributed by atoms with Crippen LogP contribution in [0.1, 0.15) is 58.8 Å². The van der Waals surface area contributed by atoms with Crippen LogP contribution in [0, 0.1) is 11.3 Å². The topological polar surface area (TPSA) is 15.3 Å². The Morgan fingerprint density at radius 1 is 1.11 bits per heavy atom. The lowest BCUT2D eigenvalue weighted by molar-refractivity contribution is 0.156. The minimum absolute atomic E-state index is 0.480. The Kier molecular flexibility index (Phi) is 3.44. The van der Waals surface area contributed by atoms with Crippen molar-refractivity contribution in [1.82, 2.24) is 10.2 Å². The number of rotatable bonds is 2. The third kappa shape index (κ3) is 2.75. The molecule has 1 spiro atoms. The van der Waals surface area contributed by atoms with Gasteiger partial charge >= 0.3 is 0 Å². The molecule has 2 saturated carbocycles. The fourth-order valence-corrected chi connectivity index (χ4v) is 4.14. The van der Waals surface area contributed by atoms with Crippen molar-refractivity contribution in [3.8, 4) is 0 Å². The molecule has 1 unspecified atom stereocenters. The van der Waals surface area contributed by atoms with Crippen molar-refractivity contribution in [3.05, 3.63) is 0 Å². The van der Waals surface area contributed by atoms with E-state index in [0.717, 1.165) is 5.92 Å². The van der Waals surface area contributed by atoms with Gasteiger partial charge in [0.1, 0.15) is 0 Å². The van der Waals surface area contributed by atoms with Crippen LogP contribution in [-0.4, -0.2) is 36.6 Å². The third-order valence-corrected chi connectivity index (χ3v) is 5.68. The summed E-state index contributed by atoms with van der Waals surface area (Å²) in [5.74, 6) is 0.969. The lowest BCUT2D eigenvalue weighted by Crippen LogP contribution is -2.52. The minimum atomic E-state index is 0.480. The van der Waals surface area contributed by atoms with Crippen LogP contribution in [-0.2, 0) is 0 Å². The van der Waals surface area contributed by atoms with Crippen molar-refractivity contribution in [2.75, 3.05) is 26.2 Å². The predicted molar refractivity (Wildman–Crippen MR) is 76.8 cm³/mol. The zero-order valence-electron chi connectivity index (χ0n) is 12.3. The van der Waals surface area contributed by atoms with Gasteiger partial charge in [-0.1, -0.05) is 33.1 Å². The van der Waals surface area contributed by atoms with Crippen molar-refractivity contribution in [1.29, 1.82) is 0 Å². The van der Waals surface area contributed by atoms with Crippen LogP contribution in [0.25, 0.3) is 0 Å². The molecular weight excluding hydrogens is 220 g/mol. The zero-order valence-corrected chi connectivity index (χ0v) is 12.3. The Balaban J connectivity index is 1.60. The average molecular weight is 250 g/mol. The second-order valence-electron chi connectivity index (χ2n) is 7.75. The van der Waals surface area contributed by atoms with Crippen LogP contribution in [0.4, 0.5) is 0 Å². The summed E-state index contributed by atoms with van der Waals surface area (Å²) in [5, 5.41) is 3.90. The first-order chi connectivity index (χ1) is 8.60. The van der Waals surface area contributed by atoms with E-state index in [-0.39, 0.29) is 0 Å². The number of hydrogen-bond acceptors (Lipinski definition) is 2. The number of hydrogen-bond donors (Lipinski definition) is 1. The highest BCUT2D eigenvalue weighted by molar-refractivity contribution is 5.00. The van der Waals surface area contributed by atoms with E-state index in [2.05, 4.69) is 24.1 Å². The van der Waals surface area contributed by atoms with Crippen molar-refractivity contribution in [3.63, 3.8) is 0 Å². The summed E-state index contributed by atoms with van der Waals surface area (Å²) in [6.45, 7) is 10.1. The maximum atomic E-state index is 3.90. The van der Waals surface area contributed by atoms with Gasteiger partial charge in [0, 0.05) is 18.6 Å². The summed E-state index contributed by atoms with van der Waals surface area (Å²) in [6, 6.07) is 0. The number of nitrogens with zero attached hydrogens (tertiary/aromatic N) is 1. The molecule has 3 rings (SSSR count). The van der Waals surface area contributed by atoms with Gasteiger partial charge in [0.25, 0.3) is 0 Å². The molecule has 0 radical (unpaired) electrons. The first kappa shape index (κ1) is 12.9. The first-order valence-corrected chi connectivity index (χ1v) is 8.07. The molecule has 1 heterocycles. The molecule has 1 N–H and O–H groups in total. The van der Waals surface area contributed by atoms with Gasteiger partial charge in [0.15, 0.2) is 0 Å². The minimum Gasteiger partial charge on any atom is -0.310 e. The third-order valence-electron chi connectivity index (χ3n) is 5.68. The molecule has 2 nitrogen and oxygen atoms in total. The molecule has 0 bridgehead atoms. The highest BCUT2D eigenvalue weighted by Gasteiger charge is 2.47. The van der Waals surface area contributed by atoms with Crippen LogP contribution in [0.15, 0.2) is 0 Å². The van der Waals surface area contributed by atoms with E-state index in [1.807, 2.05) is 0 Å². The van der Waals surface area contributed by atoms with E-state index in [9.17, 15) is 0 Å². The summed E-state index contributed by atoms with van der Waals surface area (Å²) in [4.78, 5) is 2.78. The van der Waals surface area contributed by atoms with Gasteiger partial charge < -0.3 is 10.2 Å². The van der Waals surface area contributed by atoms with Gasteiger partial charge in [-0.2, -0.15) is 0 Å². The molecule has 0 aromatic carbocycles. The maximum absolute atomic E-state index is 3.90. The molecule has 3 fully saturated rings. The van der Waals surface area contributed by atoms with Crippen LogP contribution in [0.2, 0.25) is 0 Å². The van der Waals surface area contributed by atoms with E-state index < -0.39 is 0 Å². The Labute approximate surface area is 113 Å². The molecule has 1 saturated heterocycles. The molecule has 104 valence electrons. The van der Waals surface area contributed by atoms with Crippen LogP contribution in [0.3, 0.4) is 0 Å². The van der Waals surface area contributed by atoms with Crippen LogP contribution in [0.5, 0.6) is 0 Å². The lowest BCUT2D eigenvalue weighted by Gasteiger charge is -2.40. The van der Waals surface area contributed by atoms with E-state index in [4.69, 9.17) is 0 Å². The molecule has 1 aliphatic heterocycles. The standard InChI is InChI=1S/C16H30N2/c1-15(2)11-14(15)12-18-10-6-9-17-16(13-18)7-4-3-5-8-16/h14,17H,3-13H2,1-2H3. The van der Waals surface area contributed by atoms with Crippen molar-refractivity contribution in [2.24, 2.45) is 11.3 Å². The normalized spacial score (nSPS) is 35.3. The number of nitrogens with one attached hydrogen (secondary N) is 1. The molecular formula is C16H30N2. The average Bonchev–Trinajstić information content (AvgIpc) is 2.98. The van der Waals surface area contributed by atoms with Gasteiger partial charge in [-0.15, -0.1) is 0 Å². The van der Waals surface area contributed by atoms with E-state index in [1.165, 1.54) is 71.1 Å². The SMILES string of the molecule is CC1(C)CC1CN1CCCNC2(CCCCC2)C1. The molecule has 2 heteroatoms. The van der Waals surface area contributed by atoms with Gasteiger partial charge in [0.2, 0.25) is 0 Å². The van der Waals surface area contributed by atoms with E-state index in [0.29, 0.717) is 11.0 Å². The summed E-state index contributed by atoms with van der Waals surface area (Å²) in [5.41, 5.74) is 1.12. The smallest absolute Gasteiger partial charge is 0.0308 e. The quantitative estimate of drug-likeness (QED) is 0.810. The Morgan fingerprint density at radius 2 is 1.83 bits per heavy atom. The summed E-state index contributed by atoms with van der Waals surface area (Å²) >= 11 is 0. The van der Waals surface area contributed by atoms with E-state index in [1.54, 1.807) is 0 Å². The lowest BCUT2D eigenvalue weighted by atomic mass is 9.81. The fourth-order valence-electron chi connectivity index (χ4n) is 4.14. The largest absolute Gasteiger partial charge is 0.310 e. The van der Waals surface area contributed by atoms with Gasteiger partial charge in [-0.3, -0.25) is 0 Å². The molecule has 0 amide bonds. The van der Waals surface area contributed by atoms with Crippen LogP contribution >= 0.6 is 0 Å². The fraction of sp³-hybridized carbons (Fsp3) is 1.00. The summed E-state index contributed by atoms with van der Waals surface area (Å²) in [7, 11) is 0. The molecule has 0 aromatic heterocycles. The second-order valence-corrected chi connectivity index (χ2v) is 7.75. The molecule has 3 aliphatic rings. The molecule has 1 atom stereocenters. The van der Waals surface area contributed by atoms with Gasteiger partial charge in [-0.25, -0.2) is 0 Å². The Hall–Kier alpha value is -0.0800. The Morgan fingerprint density at radius 3 is 2.50 bits per heavy atom. The van der Waals surface area contributed by atoms with E-state index >= 15 is 0 Å². The maximum Gasteiger partial charge on any atom is 0.0308 e. The van der Waals surface area contributed by atoms with Crippen molar-refractivity contribution >= 4 is 0 Å². The predicted octanol–water partition coefficient (Wildman–Crippen LogP) is 3.03. The second kappa shape index (κ2) is 4.79. The first-order valence-electron chi connectivity index (χ1n) is 8.07. The van der Waals surface area contributed by atoms with Crippen molar-refractivity contribution < 1.29 is 0 Å². The zero-order chi connectivity index (χ0) is 12.6. The Bertz CT molecular complexity index is 291. The summed E-state index contributed by atoms with van der Waals surface area (Å²) < 4.78 is 0. The van der Waals surface area contributed by atoms with Crippen LogP contribution < -0.4 is 5.32 Å². The van der Waals surface area contributed by atoms with Gasteiger partial charge in [0.05, 0.1) is 0 Å². The molecule has 0 aromatic rings. The monoisotopic (exact) mass is 250 g/mol.